The summed E-state index contributed by atoms with van der Waals surface area (Å²) < 4.78 is 1.82. The van der Waals surface area contributed by atoms with Gasteiger partial charge in [0.15, 0.2) is 0 Å². The van der Waals surface area contributed by atoms with Crippen LogP contribution in [0.3, 0.4) is 0 Å². The smallest absolute Gasteiger partial charge is 0.133 e. The number of hydrogen-bond donors (Lipinski definition) is 0. The number of aromatic nitrogens is 3. The standard InChI is InChI=1S/C15H12ClN3/c1-19-14(16)10-17-15(19)9-8-12-7-6-11-4-2-3-5-13(11)18-12/h2-10H,1H3. The molecular weight excluding hydrogens is 258 g/mol. The van der Waals surface area contributed by atoms with Crippen LogP contribution in [0.25, 0.3) is 23.1 Å². The Kier molecular flexibility index (Phi) is 3.05. The average Bonchev–Trinajstić information content (AvgIpc) is 2.76. The Hall–Kier alpha value is -2.13. The first-order chi connectivity index (χ1) is 9.24. The molecule has 3 aromatic rings. The maximum atomic E-state index is 5.94. The van der Waals surface area contributed by atoms with Crippen LogP contribution in [-0.4, -0.2) is 14.5 Å². The highest BCUT2D eigenvalue weighted by atomic mass is 35.5. The molecular formula is C15H12ClN3. The van der Waals surface area contributed by atoms with Gasteiger partial charge in [0.05, 0.1) is 17.4 Å². The zero-order valence-electron chi connectivity index (χ0n) is 10.4. The zero-order valence-corrected chi connectivity index (χ0v) is 11.2. The maximum absolute atomic E-state index is 5.94. The van der Waals surface area contributed by atoms with Crippen LogP contribution in [0.2, 0.25) is 5.15 Å². The fourth-order valence-electron chi connectivity index (χ4n) is 1.89. The van der Waals surface area contributed by atoms with Gasteiger partial charge in [-0.15, -0.1) is 0 Å². The van der Waals surface area contributed by atoms with Crippen molar-refractivity contribution >= 4 is 34.7 Å². The van der Waals surface area contributed by atoms with Crippen molar-refractivity contribution in [3.8, 4) is 0 Å². The first-order valence-electron chi connectivity index (χ1n) is 5.95. The number of halogens is 1. The van der Waals surface area contributed by atoms with Crippen LogP contribution in [0.4, 0.5) is 0 Å². The SMILES string of the molecule is Cn1c(Cl)cnc1C=Cc1ccc2ccccc2n1. The van der Waals surface area contributed by atoms with E-state index in [1.807, 2.05) is 54.1 Å². The minimum Gasteiger partial charge on any atom is -0.319 e. The van der Waals surface area contributed by atoms with E-state index in [9.17, 15) is 0 Å². The van der Waals surface area contributed by atoms with Gasteiger partial charge in [-0.3, -0.25) is 0 Å². The number of benzene rings is 1. The van der Waals surface area contributed by atoms with Crippen LogP contribution in [0.1, 0.15) is 11.5 Å². The lowest BCUT2D eigenvalue weighted by molar-refractivity contribution is 0.899. The van der Waals surface area contributed by atoms with Gasteiger partial charge in [0, 0.05) is 12.4 Å². The first kappa shape index (κ1) is 11.9. The predicted molar refractivity (Wildman–Crippen MR) is 78.9 cm³/mol. The third kappa shape index (κ3) is 2.37. The molecule has 94 valence electrons. The Morgan fingerprint density at radius 1 is 1.11 bits per heavy atom. The summed E-state index contributed by atoms with van der Waals surface area (Å²) >= 11 is 5.94. The van der Waals surface area contributed by atoms with Gasteiger partial charge in [0.1, 0.15) is 11.0 Å². The highest BCUT2D eigenvalue weighted by molar-refractivity contribution is 6.29. The molecule has 0 saturated carbocycles. The lowest BCUT2D eigenvalue weighted by Crippen LogP contribution is -1.91. The second kappa shape index (κ2) is 4.86. The second-order valence-corrected chi connectivity index (χ2v) is 4.65. The number of hydrogen-bond acceptors (Lipinski definition) is 2. The van der Waals surface area contributed by atoms with E-state index in [2.05, 4.69) is 16.0 Å². The molecule has 0 aliphatic carbocycles. The van der Waals surface area contributed by atoms with Crippen molar-refractivity contribution in [3.05, 3.63) is 59.3 Å². The van der Waals surface area contributed by atoms with Crippen LogP contribution in [-0.2, 0) is 7.05 Å². The molecule has 0 radical (unpaired) electrons. The Balaban J connectivity index is 1.95. The van der Waals surface area contributed by atoms with E-state index in [0.29, 0.717) is 5.15 Å². The van der Waals surface area contributed by atoms with E-state index in [4.69, 9.17) is 11.6 Å². The molecule has 0 saturated heterocycles. The first-order valence-corrected chi connectivity index (χ1v) is 6.33. The fourth-order valence-corrected chi connectivity index (χ4v) is 2.03. The highest BCUT2D eigenvalue weighted by Crippen LogP contribution is 2.14. The summed E-state index contributed by atoms with van der Waals surface area (Å²) in [6, 6.07) is 12.1. The Bertz CT molecular complexity index is 759. The number of para-hydroxylation sites is 1. The fraction of sp³-hybridized carbons (Fsp3) is 0.0667. The highest BCUT2D eigenvalue weighted by Gasteiger charge is 2.00. The van der Waals surface area contributed by atoms with E-state index < -0.39 is 0 Å². The molecule has 0 atom stereocenters. The van der Waals surface area contributed by atoms with Gasteiger partial charge in [0.2, 0.25) is 0 Å². The van der Waals surface area contributed by atoms with Crippen molar-refractivity contribution in [2.24, 2.45) is 7.05 Å². The summed E-state index contributed by atoms with van der Waals surface area (Å²) in [7, 11) is 1.88. The molecule has 4 heteroatoms. The zero-order chi connectivity index (χ0) is 13.2. The molecule has 0 aliphatic rings. The van der Waals surface area contributed by atoms with Crippen molar-refractivity contribution in [3.63, 3.8) is 0 Å². The number of rotatable bonds is 2. The van der Waals surface area contributed by atoms with Gasteiger partial charge in [-0.25, -0.2) is 9.97 Å². The quantitative estimate of drug-likeness (QED) is 0.709. The normalized spacial score (nSPS) is 11.5. The van der Waals surface area contributed by atoms with Gasteiger partial charge in [-0.05, 0) is 24.3 Å². The van der Waals surface area contributed by atoms with Crippen molar-refractivity contribution < 1.29 is 0 Å². The largest absolute Gasteiger partial charge is 0.319 e. The Morgan fingerprint density at radius 2 is 1.95 bits per heavy atom. The minimum absolute atomic E-state index is 0.617. The van der Waals surface area contributed by atoms with Crippen molar-refractivity contribution in [1.82, 2.24) is 14.5 Å². The van der Waals surface area contributed by atoms with E-state index in [0.717, 1.165) is 22.4 Å². The molecule has 2 heterocycles. The molecule has 1 aromatic carbocycles. The predicted octanol–water partition coefficient (Wildman–Crippen LogP) is 3.79. The topological polar surface area (TPSA) is 30.7 Å². The van der Waals surface area contributed by atoms with Crippen LogP contribution >= 0.6 is 11.6 Å². The summed E-state index contributed by atoms with van der Waals surface area (Å²) in [6.45, 7) is 0. The van der Waals surface area contributed by atoms with Gasteiger partial charge in [-0.1, -0.05) is 35.9 Å². The lowest BCUT2D eigenvalue weighted by atomic mass is 10.2. The van der Waals surface area contributed by atoms with E-state index in [1.165, 1.54) is 0 Å². The van der Waals surface area contributed by atoms with Gasteiger partial charge in [0.25, 0.3) is 0 Å². The monoisotopic (exact) mass is 269 g/mol. The molecule has 0 amide bonds. The summed E-state index contributed by atoms with van der Waals surface area (Å²) in [5.41, 5.74) is 1.89. The lowest BCUT2D eigenvalue weighted by Gasteiger charge is -1.99. The minimum atomic E-state index is 0.617. The maximum Gasteiger partial charge on any atom is 0.133 e. The molecule has 3 rings (SSSR count). The second-order valence-electron chi connectivity index (χ2n) is 4.26. The Labute approximate surface area is 116 Å². The molecule has 0 bridgehead atoms. The number of pyridine rings is 1. The third-order valence-corrected chi connectivity index (χ3v) is 3.34. The van der Waals surface area contributed by atoms with Crippen LogP contribution < -0.4 is 0 Å². The number of nitrogens with zero attached hydrogens (tertiary/aromatic N) is 3. The third-order valence-electron chi connectivity index (χ3n) is 2.99. The van der Waals surface area contributed by atoms with E-state index in [1.54, 1.807) is 6.20 Å². The van der Waals surface area contributed by atoms with E-state index >= 15 is 0 Å². The molecule has 0 spiro atoms. The van der Waals surface area contributed by atoms with Gasteiger partial charge < -0.3 is 4.57 Å². The van der Waals surface area contributed by atoms with Crippen LogP contribution in [0.15, 0.2) is 42.6 Å². The average molecular weight is 270 g/mol. The summed E-state index contributed by atoms with van der Waals surface area (Å²) in [5.74, 6) is 0.806. The molecule has 0 aliphatic heterocycles. The number of imidazole rings is 1. The van der Waals surface area contributed by atoms with Crippen LogP contribution in [0.5, 0.6) is 0 Å². The summed E-state index contributed by atoms with van der Waals surface area (Å²) in [6.07, 6.45) is 5.48. The van der Waals surface area contributed by atoms with E-state index in [-0.39, 0.29) is 0 Å². The van der Waals surface area contributed by atoms with Crippen molar-refractivity contribution in [2.75, 3.05) is 0 Å². The van der Waals surface area contributed by atoms with Gasteiger partial charge >= 0.3 is 0 Å². The molecule has 0 unspecified atom stereocenters. The van der Waals surface area contributed by atoms with Crippen molar-refractivity contribution in [1.29, 1.82) is 0 Å². The molecule has 2 aromatic heterocycles. The van der Waals surface area contributed by atoms with Crippen molar-refractivity contribution in [2.45, 2.75) is 0 Å². The summed E-state index contributed by atoms with van der Waals surface area (Å²) in [4.78, 5) is 8.78. The van der Waals surface area contributed by atoms with Crippen LogP contribution in [0, 0.1) is 0 Å². The molecule has 19 heavy (non-hydrogen) atoms. The summed E-state index contributed by atoms with van der Waals surface area (Å²) in [5, 5.41) is 1.76. The number of fused-ring (bicyclic) bond motifs is 1. The molecule has 3 nitrogen and oxygen atoms in total. The molecule has 0 N–H and O–H groups in total. The Morgan fingerprint density at radius 3 is 2.74 bits per heavy atom. The van der Waals surface area contributed by atoms with Gasteiger partial charge in [-0.2, -0.15) is 0 Å². The molecule has 0 fully saturated rings.